The number of ether oxygens (including phenoxy) is 1. The smallest absolute Gasteiger partial charge is 0.347 e. The number of para-hydroxylation sites is 1. The van der Waals surface area contributed by atoms with Crippen LogP contribution in [0.2, 0.25) is 0 Å². The fourth-order valence-corrected chi connectivity index (χ4v) is 3.24. The third kappa shape index (κ3) is 4.57. The Morgan fingerprint density at radius 1 is 1.32 bits per heavy atom. The molecule has 25 heavy (non-hydrogen) atoms. The number of rotatable bonds is 7. The number of hydrogen-bond acceptors (Lipinski definition) is 5. The number of benzene rings is 1. The Balaban J connectivity index is 2.07. The Labute approximate surface area is 150 Å². The third-order valence-electron chi connectivity index (χ3n) is 3.76. The monoisotopic (exact) mass is 362 g/mol. The highest BCUT2D eigenvalue weighted by atomic mass is 32.1. The van der Waals surface area contributed by atoms with E-state index >= 15 is 0 Å². The average Bonchev–Trinajstić information content (AvgIpc) is 2.96. The minimum Gasteiger partial charge on any atom is -0.480 e. The lowest BCUT2D eigenvalue weighted by molar-refractivity contribution is -0.128. The molecule has 2 rings (SSSR count). The number of hydrogen-bond donors (Lipinski definition) is 2. The van der Waals surface area contributed by atoms with Gasteiger partial charge in [0.1, 0.15) is 15.6 Å². The highest BCUT2D eigenvalue weighted by Gasteiger charge is 2.24. The van der Waals surface area contributed by atoms with Crippen molar-refractivity contribution in [3.63, 3.8) is 0 Å². The zero-order chi connectivity index (χ0) is 18.6. The summed E-state index contributed by atoms with van der Waals surface area (Å²) in [4.78, 5) is 28.1. The molecule has 0 radical (unpaired) electrons. The minimum atomic E-state index is -1.01. The number of thiazole rings is 1. The van der Waals surface area contributed by atoms with E-state index in [0.717, 1.165) is 16.9 Å². The number of carbonyl (C=O) groups is 2. The van der Waals surface area contributed by atoms with E-state index in [2.05, 4.69) is 10.3 Å². The van der Waals surface area contributed by atoms with Crippen molar-refractivity contribution in [3.8, 4) is 5.75 Å². The first-order valence-electron chi connectivity index (χ1n) is 8.06. The van der Waals surface area contributed by atoms with Crippen LogP contribution in [0.3, 0.4) is 0 Å². The summed E-state index contributed by atoms with van der Waals surface area (Å²) in [7, 11) is 0. The molecule has 2 N–H and O–H groups in total. The maximum Gasteiger partial charge on any atom is 0.347 e. The Morgan fingerprint density at radius 2 is 2.00 bits per heavy atom. The highest BCUT2D eigenvalue weighted by Crippen LogP contribution is 2.24. The highest BCUT2D eigenvalue weighted by molar-refractivity contribution is 7.13. The van der Waals surface area contributed by atoms with E-state index in [1.165, 1.54) is 0 Å². The number of carboxylic acids is 1. The second kappa shape index (κ2) is 8.11. The van der Waals surface area contributed by atoms with Crippen LogP contribution in [0.1, 0.15) is 52.2 Å². The first-order valence-corrected chi connectivity index (χ1v) is 8.88. The summed E-state index contributed by atoms with van der Waals surface area (Å²) < 4.78 is 5.84. The topological polar surface area (TPSA) is 88.5 Å². The van der Waals surface area contributed by atoms with Crippen molar-refractivity contribution in [2.75, 3.05) is 0 Å². The van der Waals surface area contributed by atoms with Gasteiger partial charge in [0, 0.05) is 0 Å². The van der Waals surface area contributed by atoms with Crippen LogP contribution in [-0.2, 0) is 4.79 Å². The van der Waals surface area contributed by atoms with Crippen LogP contribution in [-0.4, -0.2) is 28.1 Å². The molecule has 134 valence electrons. The average molecular weight is 362 g/mol. The fourth-order valence-electron chi connectivity index (χ4n) is 2.33. The van der Waals surface area contributed by atoms with E-state index in [-0.39, 0.29) is 16.8 Å². The number of nitrogens with one attached hydrogen (secondary N) is 1. The van der Waals surface area contributed by atoms with Gasteiger partial charge >= 0.3 is 5.97 Å². The van der Waals surface area contributed by atoms with Crippen molar-refractivity contribution < 1.29 is 19.4 Å². The van der Waals surface area contributed by atoms with Gasteiger partial charge in [0.25, 0.3) is 5.91 Å². The quantitative estimate of drug-likeness (QED) is 0.787. The van der Waals surface area contributed by atoms with Gasteiger partial charge in [-0.05, 0) is 38.8 Å². The van der Waals surface area contributed by atoms with Crippen LogP contribution >= 0.6 is 11.3 Å². The zero-order valence-electron chi connectivity index (χ0n) is 14.7. The molecule has 2 unspecified atom stereocenters. The molecule has 0 spiro atoms. The summed E-state index contributed by atoms with van der Waals surface area (Å²) in [6.07, 6.45) is -0.104. The number of aryl methyl sites for hydroxylation is 2. The molecule has 1 amide bonds. The van der Waals surface area contributed by atoms with Crippen LogP contribution < -0.4 is 10.1 Å². The van der Waals surface area contributed by atoms with Gasteiger partial charge in [0.2, 0.25) is 0 Å². The van der Waals surface area contributed by atoms with E-state index in [9.17, 15) is 9.59 Å². The van der Waals surface area contributed by atoms with Crippen molar-refractivity contribution in [2.24, 2.45) is 0 Å². The fraction of sp³-hybridized carbons (Fsp3) is 0.389. The number of carbonyl (C=O) groups excluding carboxylic acids is 1. The number of nitrogens with zero attached hydrogens (tertiary/aromatic N) is 1. The second-order valence-corrected chi connectivity index (χ2v) is 6.81. The molecule has 2 aromatic rings. The summed E-state index contributed by atoms with van der Waals surface area (Å²) >= 11 is 1.08. The van der Waals surface area contributed by atoms with Crippen molar-refractivity contribution in [1.82, 2.24) is 10.3 Å². The predicted octanol–water partition coefficient (Wildman–Crippen LogP) is 3.49. The molecule has 0 aliphatic rings. The Hall–Kier alpha value is -2.41. The van der Waals surface area contributed by atoms with Crippen LogP contribution in [0.4, 0.5) is 0 Å². The summed E-state index contributed by atoms with van der Waals surface area (Å²) in [5, 5.41) is 12.5. The lowest BCUT2D eigenvalue weighted by atomic mass is 10.2. The lowest BCUT2D eigenvalue weighted by Gasteiger charge is -2.20. The molecule has 2 atom stereocenters. The Kier molecular flexibility index (Phi) is 6.14. The lowest BCUT2D eigenvalue weighted by Crippen LogP contribution is -2.39. The Morgan fingerprint density at radius 3 is 2.56 bits per heavy atom. The standard InChI is InChI=1S/C18H22N2O4S/c1-5-13(24-14-9-7-6-8-10(14)2)16(21)19-12(4)17-20-11(3)15(25-17)18(22)23/h6-9,12-13H,5H2,1-4H3,(H,19,21)(H,22,23). The maximum absolute atomic E-state index is 12.5. The predicted molar refractivity (Wildman–Crippen MR) is 96.3 cm³/mol. The molecular formula is C18H22N2O4S. The normalized spacial score (nSPS) is 13.1. The molecule has 0 fully saturated rings. The van der Waals surface area contributed by atoms with Gasteiger partial charge in [-0.2, -0.15) is 0 Å². The van der Waals surface area contributed by atoms with E-state index < -0.39 is 12.1 Å². The van der Waals surface area contributed by atoms with E-state index in [1.54, 1.807) is 13.8 Å². The summed E-state index contributed by atoms with van der Waals surface area (Å²) in [5.74, 6) is -0.576. The second-order valence-electron chi connectivity index (χ2n) is 5.78. The van der Waals surface area contributed by atoms with Crippen LogP contribution in [0, 0.1) is 13.8 Å². The number of aromatic carboxylic acids is 1. The molecule has 1 aromatic carbocycles. The van der Waals surface area contributed by atoms with Gasteiger partial charge in [0.15, 0.2) is 6.10 Å². The number of amides is 1. The molecule has 7 heteroatoms. The molecule has 0 saturated heterocycles. The van der Waals surface area contributed by atoms with Crippen molar-refractivity contribution in [1.29, 1.82) is 0 Å². The van der Waals surface area contributed by atoms with Crippen LogP contribution in [0.5, 0.6) is 5.75 Å². The van der Waals surface area contributed by atoms with Gasteiger partial charge < -0.3 is 15.2 Å². The van der Waals surface area contributed by atoms with Crippen LogP contribution in [0.15, 0.2) is 24.3 Å². The third-order valence-corrected chi connectivity index (χ3v) is 5.09. The van der Waals surface area contributed by atoms with Gasteiger partial charge in [-0.3, -0.25) is 4.79 Å². The molecule has 0 bridgehead atoms. The largest absolute Gasteiger partial charge is 0.480 e. The van der Waals surface area contributed by atoms with Gasteiger partial charge in [-0.25, -0.2) is 9.78 Å². The Bertz CT molecular complexity index is 772. The molecule has 6 nitrogen and oxygen atoms in total. The molecule has 0 aliphatic heterocycles. The van der Waals surface area contributed by atoms with Crippen molar-refractivity contribution >= 4 is 23.2 Å². The summed E-state index contributed by atoms with van der Waals surface area (Å²) in [6.45, 7) is 7.23. The van der Waals surface area contributed by atoms with Crippen molar-refractivity contribution in [3.05, 3.63) is 45.4 Å². The van der Waals surface area contributed by atoms with E-state index in [4.69, 9.17) is 9.84 Å². The van der Waals surface area contributed by atoms with E-state index in [1.807, 2.05) is 38.1 Å². The van der Waals surface area contributed by atoms with Crippen LogP contribution in [0.25, 0.3) is 0 Å². The molecule has 0 aliphatic carbocycles. The van der Waals surface area contributed by atoms with Gasteiger partial charge in [-0.1, -0.05) is 25.1 Å². The first kappa shape index (κ1) is 18.9. The molecule has 0 saturated carbocycles. The van der Waals surface area contributed by atoms with Gasteiger partial charge in [0.05, 0.1) is 11.7 Å². The molecular weight excluding hydrogens is 340 g/mol. The minimum absolute atomic E-state index is 0.194. The van der Waals surface area contributed by atoms with Gasteiger partial charge in [-0.15, -0.1) is 11.3 Å². The number of carboxylic acid groups (broad SMARTS) is 1. The summed E-state index contributed by atoms with van der Waals surface area (Å²) in [5.41, 5.74) is 1.42. The number of aromatic nitrogens is 1. The summed E-state index contributed by atoms with van der Waals surface area (Å²) in [6, 6.07) is 7.14. The zero-order valence-corrected chi connectivity index (χ0v) is 15.5. The molecule has 1 aromatic heterocycles. The van der Waals surface area contributed by atoms with E-state index in [0.29, 0.717) is 22.9 Å². The SMILES string of the molecule is CCC(Oc1ccccc1C)C(=O)NC(C)c1nc(C)c(C(=O)O)s1. The maximum atomic E-state index is 12.5. The first-order chi connectivity index (χ1) is 11.8. The van der Waals surface area contributed by atoms with Crippen molar-refractivity contribution in [2.45, 2.75) is 46.3 Å². The molecule has 1 heterocycles.